The van der Waals surface area contributed by atoms with Crippen LogP contribution in [0.2, 0.25) is 0 Å². The Labute approximate surface area is 77.2 Å². The summed E-state index contributed by atoms with van der Waals surface area (Å²) in [7, 11) is 0. The third-order valence-corrected chi connectivity index (χ3v) is 2.01. The van der Waals surface area contributed by atoms with Crippen molar-refractivity contribution in [3.8, 4) is 0 Å². The first-order valence-corrected chi connectivity index (χ1v) is 4.45. The molecule has 1 aliphatic carbocycles. The van der Waals surface area contributed by atoms with Gasteiger partial charge < -0.3 is 9.47 Å². The lowest BCUT2D eigenvalue weighted by atomic mass is 10.3. The van der Waals surface area contributed by atoms with E-state index in [1.54, 1.807) is 6.92 Å². The summed E-state index contributed by atoms with van der Waals surface area (Å²) in [5.41, 5.74) is 0. The van der Waals surface area contributed by atoms with E-state index in [1.165, 1.54) is 6.92 Å². The highest BCUT2D eigenvalue weighted by Gasteiger charge is 2.44. The molecule has 0 aliphatic heterocycles. The van der Waals surface area contributed by atoms with Gasteiger partial charge in [0.1, 0.15) is 0 Å². The van der Waals surface area contributed by atoms with Crippen molar-refractivity contribution in [3.63, 3.8) is 0 Å². The minimum Gasteiger partial charge on any atom is -0.466 e. The lowest BCUT2D eigenvalue weighted by molar-refractivity contribution is -0.147. The van der Waals surface area contributed by atoms with Crippen LogP contribution in [0, 0.1) is 11.8 Å². The van der Waals surface area contributed by atoms with Crippen LogP contribution in [-0.4, -0.2) is 25.2 Å². The fourth-order valence-corrected chi connectivity index (χ4v) is 1.19. The van der Waals surface area contributed by atoms with Crippen LogP contribution in [0.15, 0.2) is 0 Å². The fraction of sp³-hybridized carbons (Fsp3) is 0.778. The highest BCUT2D eigenvalue weighted by Crippen LogP contribution is 2.39. The van der Waals surface area contributed by atoms with Gasteiger partial charge in [0.2, 0.25) is 0 Å². The topological polar surface area (TPSA) is 52.6 Å². The molecule has 0 bridgehead atoms. The van der Waals surface area contributed by atoms with Crippen LogP contribution in [0.3, 0.4) is 0 Å². The molecule has 0 aromatic rings. The zero-order valence-electron chi connectivity index (χ0n) is 7.91. The van der Waals surface area contributed by atoms with Gasteiger partial charge in [0.15, 0.2) is 0 Å². The van der Waals surface area contributed by atoms with Crippen molar-refractivity contribution in [2.45, 2.75) is 20.3 Å². The van der Waals surface area contributed by atoms with Gasteiger partial charge in [-0.1, -0.05) is 0 Å². The van der Waals surface area contributed by atoms with Crippen LogP contribution in [0.4, 0.5) is 0 Å². The summed E-state index contributed by atoms with van der Waals surface area (Å²) >= 11 is 0. The van der Waals surface area contributed by atoms with Crippen LogP contribution >= 0.6 is 0 Å². The van der Waals surface area contributed by atoms with Crippen molar-refractivity contribution in [2.75, 3.05) is 13.2 Å². The normalized spacial score (nSPS) is 25.1. The minimum absolute atomic E-state index is 0.0423. The van der Waals surface area contributed by atoms with Crippen molar-refractivity contribution in [1.29, 1.82) is 0 Å². The molecule has 0 saturated heterocycles. The van der Waals surface area contributed by atoms with Gasteiger partial charge in [-0.2, -0.15) is 0 Å². The molecule has 1 aliphatic rings. The average Bonchev–Trinajstić information content (AvgIpc) is 2.80. The Balaban J connectivity index is 2.15. The Morgan fingerprint density at radius 1 is 1.38 bits per heavy atom. The molecule has 1 saturated carbocycles. The number of hydrogen-bond acceptors (Lipinski definition) is 4. The van der Waals surface area contributed by atoms with Crippen molar-refractivity contribution >= 4 is 11.9 Å². The summed E-state index contributed by atoms with van der Waals surface area (Å²) in [6.07, 6.45) is 0.784. The van der Waals surface area contributed by atoms with Crippen molar-refractivity contribution in [3.05, 3.63) is 0 Å². The third-order valence-electron chi connectivity index (χ3n) is 2.01. The van der Waals surface area contributed by atoms with E-state index in [2.05, 4.69) is 0 Å². The first-order valence-electron chi connectivity index (χ1n) is 4.45. The summed E-state index contributed by atoms with van der Waals surface area (Å²) < 4.78 is 9.60. The molecule has 2 atom stereocenters. The second-order valence-electron chi connectivity index (χ2n) is 3.16. The van der Waals surface area contributed by atoms with Crippen LogP contribution in [0.5, 0.6) is 0 Å². The van der Waals surface area contributed by atoms with Crippen LogP contribution in [0.1, 0.15) is 20.3 Å². The molecule has 0 heterocycles. The summed E-state index contributed by atoms with van der Waals surface area (Å²) in [6, 6.07) is 0. The zero-order chi connectivity index (χ0) is 9.84. The number of esters is 2. The van der Waals surface area contributed by atoms with E-state index >= 15 is 0 Å². The van der Waals surface area contributed by atoms with Gasteiger partial charge in [-0.25, -0.2) is 0 Å². The SMILES string of the molecule is CCOC(=O)C1CC1COC(C)=O. The molecule has 0 N–H and O–H groups in total. The molecular weight excluding hydrogens is 172 g/mol. The number of rotatable bonds is 4. The van der Waals surface area contributed by atoms with Gasteiger partial charge >= 0.3 is 11.9 Å². The molecule has 2 unspecified atom stereocenters. The smallest absolute Gasteiger partial charge is 0.309 e. The highest BCUT2D eigenvalue weighted by atomic mass is 16.5. The molecular formula is C9H14O4. The van der Waals surface area contributed by atoms with E-state index in [1.807, 2.05) is 0 Å². The van der Waals surface area contributed by atoms with Crippen molar-refractivity contribution in [1.82, 2.24) is 0 Å². The predicted molar refractivity (Wildman–Crippen MR) is 44.9 cm³/mol. The Hall–Kier alpha value is -1.06. The Morgan fingerprint density at radius 3 is 2.62 bits per heavy atom. The maximum atomic E-state index is 11.1. The van der Waals surface area contributed by atoms with Gasteiger partial charge in [0, 0.05) is 12.8 Å². The van der Waals surface area contributed by atoms with Gasteiger partial charge in [0.05, 0.1) is 19.1 Å². The van der Waals surface area contributed by atoms with E-state index < -0.39 is 0 Å². The van der Waals surface area contributed by atoms with E-state index in [4.69, 9.17) is 9.47 Å². The fourth-order valence-electron chi connectivity index (χ4n) is 1.19. The maximum Gasteiger partial charge on any atom is 0.309 e. The van der Waals surface area contributed by atoms with E-state index in [-0.39, 0.29) is 23.8 Å². The third kappa shape index (κ3) is 3.05. The summed E-state index contributed by atoms with van der Waals surface area (Å²) in [5.74, 6) is -0.323. The zero-order valence-corrected chi connectivity index (χ0v) is 7.91. The first-order chi connectivity index (χ1) is 6.15. The molecule has 1 fully saturated rings. The molecule has 0 spiro atoms. The van der Waals surface area contributed by atoms with E-state index in [0.29, 0.717) is 13.2 Å². The largest absolute Gasteiger partial charge is 0.466 e. The number of hydrogen-bond donors (Lipinski definition) is 0. The first kappa shape index (κ1) is 10.0. The Kier molecular flexibility index (Phi) is 3.28. The molecule has 0 radical (unpaired) electrons. The quantitative estimate of drug-likeness (QED) is 0.608. The number of carbonyl (C=O) groups is 2. The standard InChI is InChI=1S/C9H14O4/c1-3-12-9(11)8-4-7(8)5-13-6(2)10/h7-8H,3-5H2,1-2H3. The molecule has 4 heteroatoms. The molecule has 0 aromatic heterocycles. The number of carbonyl (C=O) groups excluding carboxylic acids is 2. The van der Waals surface area contributed by atoms with E-state index in [0.717, 1.165) is 6.42 Å². The maximum absolute atomic E-state index is 11.1. The van der Waals surface area contributed by atoms with Crippen LogP contribution < -0.4 is 0 Å². The average molecular weight is 186 g/mol. The predicted octanol–water partition coefficient (Wildman–Crippen LogP) is 0.749. The molecule has 74 valence electrons. The van der Waals surface area contributed by atoms with Crippen molar-refractivity contribution in [2.24, 2.45) is 11.8 Å². The second kappa shape index (κ2) is 4.25. The van der Waals surface area contributed by atoms with Crippen LogP contribution in [0.25, 0.3) is 0 Å². The van der Waals surface area contributed by atoms with Gasteiger partial charge in [-0.05, 0) is 13.3 Å². The van der Waals surface area contributed by atoms with Crippen LogP contribution in [-0.2, 0) is 19.1 Å². The monoisotopic (exact) mass is 186 g/mol. The molecule has 4 nitrogen and oxygen atoms in total. The molecule has 13 heavy (non-hydrogen) atoms. The van der Waals surface area contributed by atoms with Gasteiger partial charge in [-0.3, -0.25) is 9.59 Å². The minimum atomic E-state index is -0.297. The van der Waals surface area contributed by atoms with Gasteiger partial charge in [-0.15, -0.1) is 0 Å². The highest BCUT2D eigenvalue weighted by molar-refractivity contribution is 5.75. The van der Waals surface area contributed by atoms with E-state index in [9.17, 15) is 9.59 Å². The Morgan fingerprint density at radius 2 is 2.08 bits per heavy atom. The molecule has 1 rings (SSSR count). The second-order valence-corrected chi connectivity index (χ2v) is 3.16. The van der Waals surface area contributed by atoms with Gasteiger partial charge in [0.25, 0.3) is 0 Å². The number of ether oxygens (including phenoxy) is 2. The lowest BCUT2D eigenvalue weighted by Gasteiger charge is -2.01. The summed E-state index contributed by atoms with van der Waals surface area (Å²) in [6.45, 7) is 3.90. The Bertz CT molecular complexity index is 212. The summed E-state index contributed by atoms with van der Waals surface area (Å²) in [5, 5.41) is 0. The van der Waals surface area contributed by atoms with Crippen molar-refractivity contribution < 1.29 is 19.1 Å². The lowest BCUT2D eigenvalue weighted by Crippen LogP contribution is -2.10. The molecule has 0 aromatic carbocycles. The summed E-state index contributed by atoms with van der Waals surface area (Å²) in [4.78, 5) is 21.5. The molecule has 0 amide bonds.